The molecule has 0 radical (unpaired) electrons. The lowest BCUT2D eigenvalue weighted by Gasteiger charge is -2.29. The Bertz CT molecular complexity index is 1140. The minimum absolute atomic E-state index is 0.0363. The van der Waals surface area contributed by atoms with Gasteiger partial charge in [0.2, 0.25) is 5.91 Å². The molecule has 0 atom stereocenters. The summed E-state index contributed by atoms with van der Waals surface area (Å²) in [5.41, 5.74) is 3.79. The van der Waals surface area contributed by atoms with Crippen molar-refractivity contribution < 1.29 is 9.59 Å². The second-order valence-electron chi connectivity index (χ2n) is 9.83. The summed E-state index contributed by atoms with van der Waals surface area (Å²) < 4.78 is 2.13. The molecule has 2 aromatic carbocycles. The summed E-state index contributed by atoms with van der Waals surface area (Å²) >= 11 is 6.39. The lowest BCUT2D eigenvalue weighted by atomic mass is 10.1. The van der Waals surface area contributed by atoms with Crippen LogP contribution >= 0.6 is 11.6 Å². The van der Waals surface area contributed by atoms with Gasteiger partial charge in [0.25, 0.3) is 5.91 Å². The summed E-state index contributed by atoms with van der Waals surface area (Å²) in [6, 6.07) is 19.4. The number of rotatable bonds is 12. The van der Waals surface area contributed by atoms with Crippen LogP contribution in [0.15, 0.2) is 66.9 Å². The predicted octanol–water partition coefficient (Wildman–Crippen LogP) is 6.43. The molecule has 1 heterocycles. The lowest BCUT2D eigenvalue weighted by molar-refractivity contribution is -0.133. The number of carbonyl (C=O) groups excluding carboxylic acids is 2. The van der Waals surface area contributed by atoms with Crippen molar-refractivity contribution in [1.82, 2.24) is 14.4 Å². The lowest BCUT2D eigenvalue weighted by Crippen LogP contribution is -2.44. The third kappa shape index (κ3) is 7.72. The fourth-order valence-electron chi connectivity index (χ4n) is 4.19. The van der Waals surface area contributed by atoms with Crippen molar-refractivity contribution in [2.24, 2.45) is 5.92 Å². The van der Waals surface area contributed by atoms with E-state index in [1.54, 1.807) is 4.90 Å². The molecule has 0 fully saturated rings. The van der Waals surface area contributed by atoms with Crippen LogP contribution in [0.3, 0.4) is 0 Å². The summed E-state index contributed by atoms with van der Waals surface area (Å²) in [7, 11) is 0. The first kappa shape index (κ1) is 27.5. The number of amides is 2. The Labute approximate surface area is 220 Å². The molecule has 0 bridgehead atoms. The van der Waals surface area contributed by atoms with Gasteiger partial charge in [-0.05, 0) is 55.2 Å². The molecule has 0 aliphatic heterocycles. The topological polar surface area (TPSA) is 45.6 Å². The van der Waals surface area contributed by atoms with E-state index in [-0.39, 0.29) is 18.4 Å². The second kappa shape index (κ2) is 13.3. The molecule has 0 aliphatic carbocycles. The number of hydrogen-bond donors (Lipinski definition) is 0. The Morgan fingerprint density at radius 2 is 1.69 bits per heavy atom. The number of nitrogens with zero attached hydrogens (tertiary/aromatic N) is 3. The molecule has 6 heteroatoms. The number of carbonyl (C=O) groups is 2. The summed E-state index contributed by atoms with van der Waals surface area (Å²) in [4.78, 5) is 30.5. The molecular weight excluding hydrogens is 470 g/mol. The highest BCUT2D eigenvalue weighted by molar-refractivity contribution is 6.31. The molecule has 0 saturated heterocycles. The smallest absolute Gasteiger partial charge is 0.254 e. The highest BCUT2D eigenvalue weighted by atomic mass is 35.5. The van der Waals surface area contributed by atoms with Crippen molar-refractivity contribution in [3.8, 4) is 0 Å². The number of unbranched alkanes of at least 4 members (excludes halogenated alkanes) is 1. The predicted molar refractivity (Wildman–Crippen MR) is 147 cm³/mol. The van der Waals surface area contributed by atoms with E-state index in [0.29, 0.717) is 37.7 Å². The van der Waals surface area contributed by atoms with E-state index in [9.17, 15) is 9.59 Å². The molecule has 5 nitrogen and oxygen atoms in total. The number of aromatic nitrogens is 1. The maximum atomic E-state index is 13.6. The van der Waals surface area contributed by atoms with E-state index in [0.717, 1.165) is 34.7 Å². The van der Waals surface area contributed by atoms with Gasteiger partial charge >= 0.3 is 0 Å². The summed E-state index contributed by atoms with van der Waals surface area (Å²) in [5.74, 6) is 0.173. The fraction of sp³-hybridized carbons (Fsp3) is 0.400. The number of hydrogen-bond acceptors (Lipinski definition) is 2. The molecule has 3 rings (SSSR count). The van der Waals surface area contributed by atoms with Crippen molar-refractivity contribution in [2.45, 2.75) is 53.6 Å². The Morgan fingerprint density at radius 3 is 2.36 bits per heavy atom. The van der Waals surface area contributed by atoms with Crippen LogP contribution < -0.4 is 0 Å². The normalized spacial score (nSPS) is 11.1. The SMILES string of the molecule is CCCCN(CC(=O)N(Cc1cccn1Cc1ccccc1Cl)CC(C)C)C(=O)c1ccc(C)cc1. The fourth-order valence-corrected chi connectivity index (χ4v) is 4.39. The molecule has 0 N–H and O–H groups in total. The van der Waals surface area contributed by atoms with Gasteiger partial charge in [0.05, 0.1) is 6.54 Å². The minimum atomic E-state index is -0.0941. The largest absolute Gasteiger partial charge is 0.345 e. The van der Waals surface area contributed by atoms with Crippen LogP contribution in [-0.2, 0) is 17.9 Å². The van der Waals surface area contributed by atoms with Crippen LogP contribution in [0.2, 0.25) is 5.02 Å². The number of halogens is 1. The van der Waals surface area contributed by atoms with E-state index < -0.39 is 0 Å². The highest BCUT2D eigenvalue weighted by Gasteiger charge is 2.23. The summed E-state index contributed by atoms with van der Waals surface area (Å²) in [6.07, 6.45) is 3.83. The van der Waals surface area contributed by atoms with Gasteiger partial charge in [0.1, 0.15) is 6.54 Å². The zero-order valence-electron chi connectivity index (χ0n) is 21.9. The van der Waals surface area contributed by atoms with Crippen LogP contribution in [0.5, 0.6) is 0 Å². The third-order valence-electron chi connectivity index (χ3n) is 6.21. The van der Waals surface area contributed by atoms with Crippen LogP contribution in [-0.4, -0.2) is 45.8 Å². The first-order valence-electron chi connectivity index (χ1n) is 12.8. The molecule has 2 amide bonds. The molecule has 0 unspecified atom stereocenters. The monoisotopic (exact) mass is 507 g/mol. The zero-order chi connectivity index (χ0) is 26.1. The third-order valence-corrected chi connectivity index (χ3v) is 6.58. The molecule has 0 saturated carbocycles. The number of benzene rings is 2. The zero-order valence-corrected chi connectivity index (χ0v) is 22.7. The van der Waals surface area contributed by atoms with Gasteiger partial charge in [0.15, 0.2) is 0 Å². The Kier molecular flexibility index (Phi) is 10.2. The quantitative estimate of drug-likeness (QED) is 0.284. The standard InChI is InChI=1S/C30H38ClN3O2/c1-5-6-17-33(30(36)25-15-13-24(4)14-16-25)22-29(35)34(19-23(2)3)21-27-11-9-18-32(27)20-26-10-7-8-12-28(26)31/h7-16,18,23H,5-6,17,19-22H2,1-4H3. The Morgan fingerprint density at radius 1 is 0.972 bits per heavy atom. The van der Waals surface area contributed by atoms with E-state index in [2.05, 4.69) is 25.3 Å². The van der Waals surface area contributed by atoms with Gasteiger partial charge in [-0.25, -0.2) is 0 Å². The first-order chi connectivity index (χ1) is 17.3. The molecule has 1 aromatic heterocycles. The maximum absolute atomic E-state index is 13.6. The van der Waals surface area contributed by atoms with Gasteiger partial charge < -0.3 is 14.4 Å². The Hall–Kier alpha value is -3.05. The van der Waals surface area contributed by atoms with E-state index in [1.165, 1.54) is 0 Å². The van der Waals surface area contributed by atoms with Crippen molar-refractivity contribution >= 4 is 23.4 Å². The molecule has 192 valence electrons. The Balaban J connectivity index is 1.78. The van der Waals surface area contributed by atoms with Gasteiger partial charge in [-0.3, -0.25) is 9.59 Å². The minimum Gasteiger partial charge on any atom is -0.345 e. The van der Waals surface area contributed by atoms with Gasteiger partial charge in [-0.2, -0.15) is 0 Å². The average Bonchev–Trinajstić information content (AvgIpc) is 3.29. The first-order valence-corrected chi connectivity index (χ1v) is 13.2. The second-order valence-corrected chi connectivity index (χ2v) is 10.2. The molecule has 36 heavy (non-hydrogen) atoms. The molecule has 3 aromatic rings. The van der Waals surface area contributed by atoms with Crippen molar-refractivity contribution in [3.63, 3.8) is 0 Å². The summed E-state index contributed by atoms with van der Waals surface area (Å²) in [5, 5.41) is 0.730. The molecule has 0 aliphatic rings. The highest BCUT2D eigenvalue weighted by Crippen LogP contribution is 2.19. The van der Waals surface area contributed by atoms with Crippen LogP contribution in [0.1, 0.15) is 60.8 Å². The van der Waals surface area contributed by atoms with E-state index in [4.69, 9.17) is 11.6 Å². The van der Waals surface area contributed by atoms with Gasteiger partial charge in [-0.1, -0.05) is 74.7 Å². The van der Waals surface area contributed by atoms with Gasteiger partial charge in [-0.15, -0.1) is 0 Å². The van der Waals surface area contributed by atoms with Crippen molar-refractivity contribution in [2.75, 3.05) is 19.6 Å². The van der Waals surface area contributed by atoms with Crippen LogP contribution in [0.4, 0.5) is 0 Å². The number of aryl methyl sites for hydroxylation is 1. The molecular formula is C30H38ClN3O2. The molecule has 0 spiro atoms. The summed E-state index contributed by atoms with van der Waals surface area (Å²) in [6.45, 7) is 10.7. The van der Waals surface area contributed by atoms with E-state index >= 15 is 0 Å². The van der Waals surface area contributed by atoms with Crippen LogP contribution in [0.25, 0.3) is 0 Å². The average molecular weight is 508 g/mol. The maximum Gasteiger partial charge on any atom is 0.254 e. The van der Waals surface area contributed by atoms with Crippen molar-refractivity contribution in [3.05, 3.63) is 94.3 Å². The van der Waals surface area contributed by atoms with E-state index in [1.807, 2.05) is 78.7 Å². The van der Waals surface area contributed by atoms with Crippen LogP contribution in [0, 0.1) is 12.8 Å². The van der Waals surface area contributed by atoms with Gasteiger partial charge in [0, 0.05) is 42.1 Å². The van der Waals surface area contributed by atoms with Crippen molar-refractivity contribution in [1.29, 1.82) is 0 Å².